The Morgan fingerprint density at radius 3 is 2.29 bits per heavy atom. The van der Waals surface area contributed by atoms with Crippen molar-refractivity contribution in [1.82, 2.24) is 10.2 Å². The molecule has 7 nitrogen and oxygen atoms in total. The highest BCUT2D eigenvalue weighted by atomic mass is 32.2. The molecular weight excluding hydrogens is 464 g/mol. The number of alkyl carbamates (subject to hydrolysis) is 1. The highest BCUT2D eigenvalue weighted by Gasteiger charge is 2.44. The lowest BCUT2D eigenvalue weighted by Crippen LogP contribution is -2.52. The SMILES string of the molecule is CC1SCC(C(=O)O)N1C(=O)C(CNC(=O)OCC1c2ccccc2-c2ccccc21)C1CCC1. The molecule has 1 heterocycles. The number of thioether (sulfide) groups is 1. The summed E-state index contributed by atoms with van der Waals surface area (Å²) in [4.78, 5) is 39.3. The van der Waals surface area contributed by atoms with E-state index in [1.807, 2.05) is 31.2 Å². The number of hydrogen-bond acceptors (Lipinski definition) is 5. The molecule has 8 heteroatoms. The number of fused-ring (bicyclic) bond motifs is 3. The van der Waals surface area contributed by atoms with Gasteiger partial charge in [-0.2, -0.15) is 0 Å². The third-order valence-electron chi connectivity index (χ3n) is 7.61. The lowest BCUT2D eigenvalue weighted by atomic mass is 9.75. The average molecular weight is 495 g/mol. The first-order chi connectivity index (χ1) is 17.0. The summed E-state index contributed by atoms with van der Waals surface area (Å²) in [5.41, 5.74) is 4.62. The summed E-state index contributed by atoms with van der Waals surface area (Å²) in [6, 6.07) is 15.5. The predicted molar refractivity (Wildman–Crippen MR) is 134 cm³/mol. The molecule has 2 amide bonds. The normalized spacial score (nSPS) is 22.1. The van der Waals surface area contributed by atoms with Crippen LogP contribution in [0, 0.1) is 11.8 Å². The van der Waals surface area contributed by atoms with Gasteiger partial charge >= 0.3 is 12.1 Å². The summed E-state index contributed by atoms with van der Waals surface area (Å²) < 4.78 is 5.63. The van der Waals surface area contributed by atoms with Gasteiger partial charge in [-0.15, -0.1) is 11.8 Å². The number of nitrogens with zero attached hydrogens (tertiary/aromatic N) is 1. The number of carboxylic acid groups (broad SMARTS) is 1. The van der Waals surface area contributed by atoms with Gasteiger partial charge in [-0.25, -0.2) is 9.59 Å². The van der Waals surface area contributed by atoms with Gasteiger partial charge in [0.2, 0.25) is 5.91 Å². The predicted octanol–water partition coefficient (Wildman–Crippen LogP) is 4.32. The van der Waals surface area contributed by atoms with Crippen LogP contribution in [-0.4, -0.2) is 58.3 Å². The van der Waals surface area contributed by atoms with E-state index in [9.17, 15) is 19.5 Å². The summed E-state index contributed by atoms with van der Waals surface area (Å²) >= 11 is 1.47. The summed E-state index contributed by atoms with van der Waals surface area (Å²) in [6.45, 7) is 2.23. The maximum atomic E-state index is 13.4. The Labute approximate surface area is 209 Å². The lowest BCUT2D eigenvalue weighted by molar-refractivity contribution is -0.152. The molecule has 2 N–H and O–H groups in total. The number of rotatable bonds is 7. The zero-order valence-electron chi connectivity index (χ0n) is 19.7. The zero-order valence-corrected chi connectivity index (χ0v) is 20.5. The number of hydrogen-bond donors (Lipinski definition) is 2. The van der Waals surface area contributed by atoms with Crippen molar-refractivity contribution in [3.63, 3.8) is 0 Å². The van der Waals surface area contributed by atoms with E-state index in [0.717, 1.165) is 30.4 Å². The van der Waals surface area contributed by atoms with E-state index in [1.54, 1.807) is 0 Å². The monoisotopic (exact) mass is 494 g/mol. The molecule has 3 unspecified atom stereocenters. The molecule has 2 aromatic rings. The van der Waals surface area contributed by atoms with E-state index in [0.29, 0.717) is 5.75 Å². The highest BCUT2D eigenvalue weighted by molar-refractivity contribution is 8.00. The molecule has 1 saturated carbocycles. The van der Waals surface area contributed by atoms with Gasteiger partial charge in [0.15, 0.2) is 0 Å². The van der Waals surface area contributed by atoms with Crippen molar-refractivity contribution in [1.29, 1.82) is 0 Å². The second-order valence-electron chi connectivity index (χ2n) is 9.54. The van der Waals surface area contributed by atoms with Crippen LogP contribution >= 0.6 is 11.8 Å². The van der Waals surface area contributed by atoms with Gasteiger partial charge in [-0.1, -0.05) is 55.0 Å². The van der Waals surface area contributed by atoms with Crippen molar-refractivity contribution in [2.75, 3.05) is 18.9 Å². The van der Waals surface area contributed by atoms with Crippen molar-refractivity contribution in [2.45, 2.75) is 43.5 Å². The second kappa shape index (κ2) is 9.93. The molecule has 35 heavy (non-hydrogen) atoms. The van der Waals surface area contributed by atoms with Crippen molar-refractivity contribution >= 4 is 29.7 Å². The van der Waals surface area contributed by atoms with Crippen molar-refractivity contribution in [2.24, 2.45) is 11.8 Å². The number of aliphatic carboxylic acids is 1. The van der Waals surface area contributed by atoms with Crippen LogP contribution in [0.3, 0.4) is 0 Å². The summed E-state index contributed by atoms with van der Waals surface area (Å²) in [5.74, 6) is -1.09. The fourth-order valence-corrected chi connectivity index (χ4v) is 6.67. The van der Waals surface area contributed by atoms with Crippen LogP contribution in [0.25, 0.3) is 11.1 Å². The molecule has 0 radical (unpaired) electrons. The lowest BCUT2D eigenvalue weighted by Gasteiger charge is -2.37. The molecule has 1 aliphatic heterocycles. The summed E-state index contributed by atoms with van der Waals surface area (Å²) in [6.07, 6.45) is 2.32. The van der Waals surface area contributed by atoms with Crippen LogP contribution in [0.2, 0.25) is 0 Å². The molecule has 2 aromatic carbocycles. The van der Waals surface area contributed by atoms with E-state index in [-0.39, 0.29) is 36.3 Å². The van der Waals surface area contributed by atoms with Crippen LogP contribution < -0.4 is 5.32 Å². The number of carboxylic acids is 1. The molecule has 3 aliphatic rings. The van der Waals surface area contributed by atoms with Crippen molar-refractivity contribution < 1.29 is 24.2 Å². The molecule has 184 valence electrons. The Balaban J connectivity index is 1.23. The van der Waals surface area contributed by atoms with E-state index in [2.05, 4.69) is 29.6 Å². The van der Waals surface area contributed by atoms with Crippen molar-refractivity contribution in [3.8, 4) is 11.1 Å². The molecule has 1 saturated heterocycles. The minimum atomic E-state index is -0.980. The quantitative estimate of drug-likeness (QED) is 0.595. The molecule has 2 fully saturated rings. The third kappa shape index (κ3) is 4.51. The van der Waals surface area contributed by atoms with Gasteiger partial charge in [0.1, 0.15) is 12.6 Å². The van der Waals surface area contributed by atoms with Crippen LogP contribution in [-0.2, 0) is 14.3 Å². The smallest absolute Gasteiger partial charge is 0.407 e. The second-order valence-corrected chi connectivity index (χ2v) is 10.9. The van der Waals surface area contributed by atoms with Gasteiger partial charge in [-0.3, -0.25) is 4.79 Å². The largest absolute Gasteiger partial charge is 0.480 e. The minimum Gasteiger partial charge on any atom is -0.480 e. The number of carbonyl (C=O) groups is 3. The number of ether oxygens (including phenoxy) is 1. The van der Waals surface area contributed by atoms with Gasteiger partial charge in [-0.05, 0) is 47.9 Å². The van der Waals surface area contributed by atoms with Crippen molar-refractivity contribution in [3.05, 3.63) is 59.7 Å². The average Bonchev–Trinajstić information content (AvgIpc) is 3.37. The van der Waals surface area contributed by atoms with E-state index >= 15 is 0 Å². The van der Waals surface area contributed by atoms with Gasteiger partial charge in [0.05, 0.1) is 11.3 Å². The number of amides is 2. The molecule has 5 rings (SSSR count). The summed E-state index contributed by atoms with van der Waals surface area (Å²) in [7, 11) is 0. The number of nitrogens with one attached hydrogen (secondary N) is 1. The standard InChI is InChI=1S/C27H30N2O5S/c1-16-29(24(15-35-16)26(31)32)25(30)22(17-7-6-8-17)13-28-27(33)34-14-23-20-11-4-2-9-18(20)19-10-3-5-12-21(19)23/h2-5,9-12,16-17,22-24H,6-8,13-15H2,1H3,(H,28,33)(H,31,32). The number of benzene rings is 2. The Morgan fingerprint density at radius 2 is 1.71 bits per heavy atom. The maximum absolute atomic E-state index is 13.4. The molecular formula is C27H30N2O5S. The molecule has 2 aliphatic carbocycles. The van der Waals surface area contributed by atoms with E-state index in [1.165, 1.54) is 27.8 Å². The van der Waals surface area contributed by atoms with Crippen LogP contribution in [0.15, 0.2) is 48.5 Å². The topological polar surface area (TPSA) is 95.9 Å². The van der Waals surface area contributed by atoms with Gasteiger partial charge in [0, 0.05) is 18.2 Å². The Kier molecular flexibility index (Phi) is 6.73. The number of carbonyl (C=O) groups excluding carboxylic acids is 2. The highest BCUT2D eigenvalue weighted by Crippen LogP contribution is 2.44. The minimum absolute atomic E-state index is 0.0315. The first-order valence-corrected chi connectivity index (χ1v) is 13.3. The fourth-order valence-electron chi connectivity index (χ4n) is 5.50. The first kappa shape index (κ1) is 23.7. The van der Waals surface area contributed by atoms with E-state index < -0.39 is 24.0 Å². The molecule has 3 atom stereocenters. The first-order valence-electron chi connectivity index (χ1n) is 12.2. The third-order valence-corrected chi connectivity index (χ3v) is 8.83. The fraction of sp³-hybridized carbons (Fsp3) is 0.444. The Bertz CT molecular complexity index is 1090. The summed E-state index contributed by atoms with van der Waals surface area (Å²) in [5, 5.41) is 12.2. The maximum Gasteiger partial charge on any atom is 0.407 e. The van der Waals surface area contributed by atoms with E-state index in [4.69, 9.17) is 4.74 Å². The van der Waals surface area contributed by atoms with Crippen LogP contribution in [0.4, 0.5) is 4.79 Å². The van der Waals surface area contributed by atoms with Crippen LogP contribution in [0.5, 0.6) is 0 Å². The molecule has 0 spiro atoms. The van der Waals surface area contributed by atoms with Gasteiger partial charge < -0.3 is 20.1 Å². The zero-order chi connectivity index (χ0) is 24.5. The molecule has 0 bridgehead atoms. The van der Waals surface area contributed by atoms with Gasteiger partial charge in [0.25, 0.3) is 0 Å². The molecule has 0 aromatic heterocycles. The van der Waals surface area contributed by atoms with Crippen LogP contribution in [0.1, 0.15) is 43.2 Å². The Hall–Kier alpha value is -3.00. The Morgan fingerprint density at radius 1 is 1.09 bits per heavy atom.